The summed E-state index contributed by atoms with van der Waals surface area (Å²) in [5, 5.41) is 11.6. The summed E-state index contributed by atoms with van der Waals surface area (Å²) in [6.07, 6.45) is 1.62. The minimum Gasteiger partial charge on any atom is -0.481 e. The Morgan fingerprint density at radius 1 is 1.44 bits per heavy atom. The lowest BCUT2D eigenvalue weighted by atomic mass is 10.1. The number of rotatable bonds is 4. The number of amides is 1. The van der Waals surface area contributed by atoms with Crippen LogP contribution in [0, 0.1) is 17.8 Å². The Hall–Kier alpha value is -1.10. The van der Waals surface area contributed by atoms with Crippen molar-refractivity contribution in [2.24, 2.45) is 17.8 Å². The highest BCUT2D eigenvalue weighted by atomic mass is 16.4. The van der Waals surface area contributed by atoms with Crippen LogP contribution in [0.15, 0.2) is 0 Å². The normalized spacial score (nSPS) is 33.7. The molecule has 0 spiro atoms. The molecule has 0 radical (unpaired) electrons. The van der Waals surface area contributed by atoms with Crippen molar-refractivity contribution in [2.75, 3.05) is 26.7 Å². The smallest absolute Gasteiger partial charge is 0.307 e. The van der Waals surface area contributed by atoms with Crippen LogP contribution in [-0.4, -0.2) is 48.6 Å². The number of carboxylic acids is 1. The molecule has 16 heavy (non-hydrogen) atoms. The van der Waals surface area contributed by atoms with E-state index >= 15 is 0 Å². The topological polar surface area (TPSA) is 69.6 Å². The Morgan fingerprint density at radius 2 is 2.19 bits per heavy atom. The summed E-state index contributed by atoms with van der Waals surface area (Å²) in [4.78, 5) is 24.4. The van der Waals surface area contributed by atoms with Crippen molar-refractivity contribution in [3.63, 3.8) is 0 Å². The molecule has 5 heteroatoms. The molecule has 1 saturated heterocycles. The summed E-state index contributed by atoms with van der Waals surface area (Å²) in [5.41, 5.74) is 0. The highest BCUT2D eigenvalue weighted by molar-refractivity contribution is 5.89. The molecule has 2 rings (SSSR count). The zero-order chi connectivity index (χ0) is 11.7. The first-order valence-electron chi connectivity index (χ1n) is 5.77. The first kappa shape index (κ1) is 11.4. The number of carbonyl (C=O) groups excluding carboxylic acids is 1. The van der Waals surface area contributed by atoms with E-state index in [1.807, 2.05) is 0 Å². The molecule has 1 aliphatic carbocycles. The number of aliphatic carboxylic acids is 1. The molecule has 1 amide bonds. The number of hydrogen-bond acceptors (Lipinski definition) is 3. The maximum atomic E-state index is 11.6. The molecule has 2 fully saturated rings. The van der Waals surface area contributed by atoms with Crippen molar-refractivity contribution in [3.8, 4) is 0 Å². The lowest BCUT2D eigenvalue weighted by Crippen LogP contribution is -2.32. The summed E-state index contributed by atoms with van der Waals surface area (Å²) in [6.45, 7) is 2.79. The van der Waals surface area contributed by atoms with E-state index in [1.165, 1.54) is 0 Å². The van der Waals surface area contributed by atoms with E-state index in [-0.39, 0.29) is 11.8 Å². The van der Waals surface area contributed by atoms with Gasteiger partial charge in [0, 0.05) is 13.1 Å². The molecule has 1 heterocycles. The number of nitrogens with zero attached hydrogens (tertiary/aromatic N) is 1. The molecule has 3 atom stereocenters. The quantitative estimate of drug-likeness (QED) is 0.695. The van der Waals surface area contributed by atoms with E-state index < -0.39 is 11.9 Å². The molecule has 3 unspecified atom stereocenters. The Labute approximate surface area is 94.8 Å². The predicted molar refractivity (Wildman–Crippen MR) is 57.8 cm³/mol. The molecule has 2 aliphatic rings. The summed E-state index contributed by atoms with van der Waals surface area (Å²) in [6, 6.07) is 0. The van der Waals surface area contributed by atoms with Crippen LogP contribution in [0.4, 0.5) is 0 Å². The van der Waals surface area contributed by atoms with Gasteiger partial charge in [0.25, 0.3) is 0 Å². The average molecular weight is 226 g/mol. The van der Waals surface area contributed by atoms with Gasteiger partial charge in [-0.2, -0.15) is 0 Å². The summed E-state index contributed by atoms with van der Waals surface area (Å²) >= 11 is 0. The fraction of sp³-hybridized carbons (Fsp3) is 0.818. The Kier molecular flexibility index (Phi) is 3.14. The predicted octanol–water partition coefficient (Wildman–Crippen LogP) is -0.225. The van der Waals surface area contributed by atoms with Crippen molar-refractivity contribution < 1.29 is 14.7 Å². The third kappa shape index (κ3) is 2.52. The fourth-order valence-corrected chi connectivity index (χ4v) is 2.33. The lowest BCUT2D eigenvalue weighted by Gasteiger charge is -2.11. The second-order valence-electron chi connectivity index (χ2n) is 4.95. The van der Waals surface area contributed by atoms with Gasteiger partial charge in [-0.1, -0.05) is 0 Å². The first-order valence-corrected chi connectivity index (χ1v) is 5.77. The van der Waals surface area contributed by atoms with E-state index in [2.05, 4.69) is 17.3 Å². The van der Waals surface area contributed by atoms with Gasteiger partial charge in [0.1, 0.15) is 0 Å². The number of carboxylic acid groups (broad SMARTS) is 1. The first-order chi connectivity index (χ1) is 7.58. The Morgan fingerprint density at radius 3 is 2.69 bits per heavy atom. The summed E-state index contributed by atoms with van der Waals surface area (Å²) < 4.78 is 0. The Bertz CT molecular complexity index is 306. The van der Waals surface area contributed by atoms with E-state index in [9.17, 15) is 9.59 Å². The van der Waals surface area contributed by atoms with Crippen LogP contribution in [0.5, 0.6) is 0 Å². The van der Waals surface area contributed by atoms with Crippen LogP contribution in [0.25, 0.3) is 0 Å². The zero-order valence-corrected chi connectivity index (χ0v) is 9.48. The van der Waals surface area contributed by atoms with Crippen LogP contribution in [0.2, 0.25) is 0 Å². The van der Waals surface area contributed by atoms with E-state index in [0.29, 0.717) is 18.9 Å². The van der Waals surface area contributed by atoms with Crippen LogP contribution >= 0.6 is 0 Å². The molecule has 1 aliphatic heterocycles. The number of carbonyl (C=O) groups is 2. The molecule has 1 saturated carbocycles. The van der Waals surface area contributed by atoms with E-state index in [0.717, 1.165) is 19.5 Å². The van der Waals surface area contributed by atoms with Gasteiger partial charge in [0.2, 0.25) is 5.91 Å². The molecular formula is C11H18N2O3. The summed E-state index contributed by atoms with van der Waals surface area (Å²) in [5.74, 6) is -1.12. The largest absolute Gasteiger partial charge is 0.481 e. The van der Waals surface area contributed by atoms with Crippen LogP contribution < -0.4 is 5.32 Å². The monoisotopic (exact) mass is 226 g/mol. The molecule has 2 N–H and O–H groups in total. The van der Waals surface area contributed by atoms with E-state index in [1.54, 1.807) is 0 Å². The molecule has 0 bridgehead atoms. The Balaban J connectivity index is 1.67. The van der Waals surface area contributed by atoms with Gasteiger partial charge in [0.15, 0.2) is 0 Å². The van der Waals surface area contributed by atoms with Crippen molar-refractivity contribution in [2.45, 2.75) is 12.8 Å². The second-order valence-corrected chi connectivity index (χ2v) is 4.95. The van der Waals surface area contributed by atoms with Gasteiger partial charge < -0.3 is 15.3 Å². The van der Waals surface area contributed by atoms with Crippen molar-refractivity contribution in [3.05, 3.63) is 0 Å². The molecule has 0 aromatic carbocycles. The fourth-order valence-electron chi connectivity index (χ4n) is 2.33. The molecular weight excluding hydrogens is 208 g/mol. The van der Waals surface area contributed by atoms with Crippen molar-refractivity contribution in [1.29, 1.82) is 0 Å². The minimum atomic E-state index is -0.847. The second kappa shape index (κ2) is 4.41. The zero-order valence-electron chi connectivity index (χ0n) is 9.48. The average Bonchev–Trinajstić information content (AvgIpc) is 2.93. The van der Waals surface area contributed by atoms with Gasteiger partial charge in [-0.3, -0.25) is 9.59 Å². The third-order valence-electron chi connectivity index (χ3n) is 3.50. The van der Waals surface area contributed by atoms with Gasteiger partial charge in [-0.25, -0.2) is 0 Å². The molecule has 0 aromatic rings. The molecule has 90 valence electrons. The van der Waals surface area contributed by atoms with Gasteiger partial charge in [-0.15, -0.1) is 0 Å². The number of nitrogens with one attached hydrogen (secondary N) is 1. The minimum absolute atomic E-state index is 0.0815. The van der Waals surface area contributed by atoms with Crippen LogP contribution in [0.1, 0.15) is 12.8 Å². The van der Waals surface area contributed by atoms with Gasteiger partial charge >= 0.3 is 5.97 Å². The van der Waals surface area contributed by atoms with Crippen molar-refractivity contribution >= 4 is 11.9 Å². The maximum absolute atomic E-state index is 11.6. The maximum Gasteiger partial charge on any atom is 0.307 e. The van der Waals surface area contributed by atoms with Crippen molar-refractivity contribution in [1.82, 2.24) is 10.2 Å². The standard InChI is InChI=1S/C11H18N2O3/c1-13-3-2-7(6-13)5-12-10(14)8-4-9(8)11(15)16/h7-9H,2-6H2,1H3,(H,12,14)(H,15,16). The van der Waals surface area contributed by atoms with Crippen LogP contribution in [-0.2, 0) is 9.59 Å². The SMILES string of the molecule is CN1CCC(CNC(=O)C2CC2C(=O)O)C1. The molecule has 5 nitrogen and oxygen atoms in total. The highest BCUT2D eigenvalue weighted by Gasteiger charge is 2.48. The van der Waals surface area contributed by atoms with Crippen LogP contribution in [0.3, 0.4) is 0 Å². The van der Waals surface area contributed by atoms with E-state index in [4.69, 9.17) is 5.11 Å². The number of hydrogen-bond donors (Lipinski definition) is 2. The molecule has 0 aromatic heterocycles. The third-order valence-corrected chi connectivity index (χ3v) is 3.50. The highest BCUT2D eigenvalue weighted by Crippen LogP contribution is 2.38. The number of likely N-dealkylation sites (tertiary alicyclic amines) is 1. The van der Waals surface area contributed by atoms with Gasteiger partial charge in [0.05, 0.1) is 11.8 Å². The lowest BCUT2D eigenvalue weighted by molar-refractivity contribution is -0.140. The summed E-state index contributed by atoms with van der Waals surface area (Å²) in [7, 11) is 2.07. The van der Waals surface area contributed by atoms with Gasteiger partial charge in [-0.05, 0) is 32.4 Å².